The monoisotopic (exact) mass is 472 g/mol. The van der Waals surface area contributed by atoms with E-state index in [1.807, 2.05) is 55.5 Å². The molecular weight excluding hydrogens is 440 g/mol. The van der Waals surface area contributed by atoms with Crippen LogP contribution in [0.15, 0.2) is 78.9 Å². The van der Waals surface area contributed by atoms with Gasteiger partial charge in [-0.3, -0.25) is 0 Å². The number of carbonyl (C=O) groups is 1. The zero-order valence-electron chi connectivity index (χ0n) is 20.4. The topological polar surface area (TPSA) is 54.0 Å². The smallest absolute Gasteiger partial charge is 0.335 e. The van der Waals surface area contributed by atoms with Gasteiger partial charge in [-0.2, -0.15) is 0 Å². The van der Waals surface area contributed by atoms with Crippen molar-refractivity contribution in [2.75, 3.05) is 19.8 Å². The molecule has 0 amide bonds. The molecule has 1 aliphatic heterocycles. The molecule has 182 valence electrons. The van der Waals surface area contributed by atoms with Crippen LogP contribution in [-0.2, 0) is 27.3 Å². The Morgan fingerprint density at radius 2 is 1.69 bits per heavy atom. The number of carbonyl (C=O) groups excluding carboxylic acids is 1. The molecule has 1 atom stereocenters. The van der Waals surface area contributed by atoms with E-state index in [0.717, 1.165) is 29.0 Å². The van der Waals surface area contributed by atoms with Gasteiger partial charge in [0.1, 0.15) is 18.1 Å². The second-order valence-electron chi connectivity index (χ2n) is 8.24. The third-order valence-corrected chi connectivity index (χ3v) is 5.86. The molecule has 5 nitrogen and oxygen atoms in total. The van der Waals surface area contributed by atoms with E-state index in [4.69, 9.17) is 18.9 Å². The maximum Gasteiger partial charge on any atom is 0.335 e. The third-order valence-electron chi connectivity index (χ3n) is 5.86. The van der Waals surface area contributed by atoms with Crippen LogP contribution in [0.1, 0.15) is 42.5 Å². The molecule has 0 fully saturated rings. The molecule has 0 aliphatic carbocycles. The van der Waals surface area contributed by atoms with E-state index in [9.17, 15) is 4.79 Å². The predicted octanol–water partition coefficient (Wildman–Crippen LogP) is 5.99. The number of rotatable bonds is 10. The van der Waals surface area contributed by atoms with Gasteiger partial charge in [0, 0.05) is 25.0 Å². The summed E-state index contributed by atoms with van der Waals surface area (Å²) in [7, 11) is 0. The summed E-state index contributed by atoms with van der Waals surface area (Å²) >= 11 is 0. The maximum atomic E-state index is 12.1. The maximum absolute atomic E-state index is 12.1. The molecular formula is C30H32O5. The highest BCUT2D eigenvalue weighted by Crippen LogP contribution is 2.36. The van der Waals surface area contributed by atoms with Crippen molar-refractivity contribution >= 4 is 11.5 Å². The molecule has 4 rings (SSSR count). The van der Waals surface area contributed by atoms with Crippen LogP contribution in [-0.4, -0.2) is 31.9 Å². The molecule has 5 heteroatoms. The number of benzene rings is 3. The fourth-order valence-corrected chi connectivity index (χ4v) is 4.21. The van der Waals surface area contributed by atoms with E-state index in [-0.39, 0.29) is 5.97 Å². The quantitative estimate of drug-likeness (QED) is 0.268. The number of hydrogen-bond donors (Lipinski definition) is 0. The first-order valence-electron chi connectivity index (χ1n) is 12.2. The number of ether oxygens (including phenoxy) is 4. The highest BCUT2D eigenvalue weighted by Gasteiger charge is 2.21. The first kappa shape index (κ1) is 24.6. The van der Waals surface area contributed by atoms with E-state index in [2.05, 4.69) is 30.3 Å². The highest BCUT2D eigenvalue weighted by atomic mass is 16.6. The summed E-state index contributed by atoms with van der Waals surface area (Å²) in [5, 5.41) is 0. The zero-order valence-corrected chi connectivity index (χ0v) is 20.4. The van der Waals surface area contributed by atoms with Crippen LogP contribution in [0.5, 0.6) is 11.5 Å². The second kappa shape index (κ2) is 12.2. The summed E-state index contributed by atoms with van der Waals surface area (Å²) in [5.41, 5.74) is 5.66. The minimum atomic E-state index is -0.590. The minimum absolute atomic E-state index is 0.324. The van der Waals surface area contributed by atoms with Gasteiger partial charge in [-0.15, -0.1) is 0 Å². The van der Waals surface area contributed by atoms with Gasteiger partial charge in [-0.05, 0) is 54.3 Å². The zero-order chi connectivity index (χ0) is 24.5. The molecule has 0 saturated heterocycles. The van der Waals surface area contributed by atoms with Gasteiger partial charge in [0.2, 0.25) is 0 Å². The van der Waals surface area contributed by atoms with Crippen LogP contribution in [0.2, 0.25) is 0 Å². The Kier molecular flexibility index (Phi) is 8.58. The summed E-state index contributed by atoms with van der Waals surface area (Å²) in [6.07, 6.45) is 2.87. The van der Waals surface area contributed by atoms with Gasteiger partial charge in [-0.25, -0.2) is 4.79 Å². The predicted molar refractivity (Wildman–Crippen MR) is 137 cm³/mol. The molecule has 0 aromatic heterocycles. The van der Waals surface area contributed by atoms with Crippen LogP contribution in [0, 0.1) is 0 Å². The SMILES string of the molecule is CCOC(=O)C(Cc1ccc(OCC/C=C2\c3ccccc3COc3ccccc32)cc1)OCC. The van der Waals surface area contributed by atoms with Gasteiger partial charge in [0.15, 0.2) is 6.10 Å². The molecule has 0 bridgehead atoms. The number of fused-ring (bicyclic) bond motifs is 2. The summed E-state index contributed by atoms with van der Waals surface area (Å²) in [5.74, 6) is 1.37. The van der Waals surface area contributed by atoms with Crippen LogP contribution in [0.4, 0.5) is 0 Å². The average Bonchev–Trinajstić information content (AvgIpc) is 3.04. The molecule has 1 heterocycles. The lowest BCUT2D eigenvalue weighted by Gasteiger charge is -2.15. The fraction of sp³-hybridized carbons (Fsp3) is 0.300. The van der Waals surface area contributed by atoms with Crippen LogP contribution in [0.3, 0.4) is 0 Å². The van der Waals surface area contributed by atoms with Crippen molar-refractivity contribution in [2.45, 2.75) is 39.4 Å². The molecule has 1 unspecified atom stereocenters. The Hall–Kier alpha value is -3.57. The Bertz CT molecular complexity index is 1100. The van der Waals surface area contributed by atoms with E-state index < -0.39 is 6.10 Å². The molecule has 0 radical (unpaired) electrons. The molecule has 0 saturated carbocycles. The highest BCUT2D eigenvalue weighted by molar-refractivity contribution is 5.84. The normalized spacial score (nSPS) is 14.3. The van der Waals surface area contributed by atoms with Crippen molar-refractivity contribution in [2.24, 2.45) is 0 Å². The van der Waals surface area contributed by atoms with Crippen molar-refractivity contribution in [3.8, 4) is 11.5 Å². The van der Waals surface area contributed by atoms with Crippen molar-refractivity contribution in [1.82, 2.24) is 0 Å². The summed E-state index contributed by atoms with van der Waals surface area (Å²) in [6.45, 7) is 5.59. The van der Waals surface area contributed by atoms with Crippen molar-refractivity contribution in [1.29, 1.82) is 0 Å². The molecule has 1 aliphatic rings. The Labute approximate surface area is 207 Å². The van der Waals surface area contributed by atoms with E-state index in [1.54, 1.807) is 6.92 Å². The lowest BCUT2D eigenvalue weighted by Crippen LogP contribution is -2.28. The lowest BCUT2D eigenvalue weighted by molar-refractivity contribution is -0.156. The number of esters is 1. The van der Waals surface area contributed by atoms with E-state index in [0.29, 0.717) is 32.8 Å². The third kappa shape index (κ3) is 6.31. The van der Waals surface area contributed by atoms with E-state index >= 15 is 0 Å². The number of hydrogen-bond acceptors (Lipinski definition) is 5. The first-order chi connectivity index (χ1) is 17.2. The van der Waals surface area contributed by atoms with Crippen LogP contribution in [0.25, 0.3) is 5.57 Å². The molecule has 0 spiro atoms. The van der Waals surface area contributed by atoms with Crippen molar-refractivity contribution in [3.05, 3.63) is 101 Å². The second-order valence-corrected chi connectivity index (χ2v) is 8.24. The number of para-hydroxylation sites is 1. The van der Waals surface area contributed by atoms with Gasteiger partial charge in [0.05, 0.1) is 13.2 Å². The molecule has 3 aromatic rings. The van der Waals surface area contributed by atoms with Gasteiger partial charge in [0.25, 0.3) is 0 Å². The van der Waals surface area contributed by atoms with Gasteiger partial charge in [-0.1, -0.05) is 60.7 Å². The summed E-state index contributed by atoms with van der Waals surface area (Å²) < 4.78 is 22.7. The summed E-state index contributed by atoms with van der Waals surface area (Å²) in [4.78, 5) is 12.1. The average molecular weight is 473 g/mol. The van der Waals surface area contributed by atoms with Crippen LogP contribution < -0.4 is 9.47 Å². The van der Waals surface area contributed by atoms with Crippen molar-refractivity contribution < 1.29 is 23.7 Å². The molecule has 35 heavy (non-hydrogen) atoms. The van der Waals surface area contributed by atoms with Gasteiger partial charge >= 0.3 is 5.97 Å². The van der Waals surface area contributed by atoms with Crippen LogP contribution >= 0.6 is 0 Å². The van der Waals surface area contributed by atoms with Crippen molar-refractivity contribution in [3.63, 3.8) is 0 Å². The van der Waals surface area contributed by atoms with Gasteiger partial charge < -0.3 is 18.9 Å². The Balaban J connectivity index is 1.39. The minimum Gasteiger partial charge on any atom is -0.493 e. The molecule has 0 N–H and O–H groups in total. The first-order valence-corrected chi connectivity index (χ1v) is 12.2. The van der Waals surface area contributed by atoms with E-state index in [1.165, 1.54) is 16.7 Å². The fourth-order valence-electron chi connectivity index (χ4n) is 4.21. The summed E-state index contributed by atoms with van der Waals surface area (Å²) in [6, 6.07) is 24.3. The standard InChI is InChI=1S/C30H32O5/c1-3-32-29(30(31)33-4-2)20-22-15-17-24(18-16-22)34-19-9-13-26-25-11-6-5-10-23(25)21-35-28-14-8-7-12-27(26)28/h5-8,10-18,29H,3-4,9,19-21H2,1-2H3/b26-13+. The Morgan fingerprint density at radius 3 is 2.46 bits per heavy atom. The molecule has 3 aromatic carbocycles. The Morgan fingerprint density at radius 1 is 0.943 bits per heavy atom. The largest absolute Gasteiger partial charge is 0.493 e. The lowest BCUT2D eigenvalue weighted by atomic mass is 9.93.